The SMILES string of the molecule is COc1ccc([C@H]2[C@H](C(=O)O)OC(C)(C)N2C(=O)OC(C)(C)C)cc1. The zero-order valence-electron chi connectivity index (χ0n) is 15.4. The summed E-state index contributed by atoms with van der Waals surface area (Å²) in [7, 11) is 1.55. The number of hydrogen-bond acceptors (Lipinski definition) is 5. The van der Waals surface area contributed by atoms with E-state index in [9.17, 15) is 14.7 Å². The van der Waals surface area contributed by atoms with E-state index < -0.39 is 35.5 Å². The van der Waals surface area contributed by atoms with Crippen molar-refractivity contribution in [2.75, 3.05) is 7.11 Å². The molecule has 0 spiro atoms. The molecule has 2 atom stereocenters. The maximum Gasteiger partial charge on any atom is 0.413 e. The van der Waals surface area contributed by atoms with Crippen molar-refractivity contribution in [3.63, 3.8) is 0 Å². The maximum atomic E-state index is 12.8. The molecule has 1 aromatic rings. The average molecular weight is 351 g/mol. The largest absolute Gasteiger partial charge is 0.497 e. The molecule has 1 amide bonds. The zero-order chi connectivity index (χ0) is 19.0. The van der Waals surface area contributed by atoms with Crippen LogP contribution in [0.5, 0.6) is 5.75 Å². The minimum Gasteiger partial charge on any atom is -0.497 e. The Labute approximate surface area is 147 Å². The fourth-order valence-corrected chi connectivity index (χ4v) is 2.86. The van der Waals surface area contributed by atoms with Crippen LogP contribution in [0.15, 0.2) is 24.3 Å². The van der Waals surface area contributed by atoms with Gasteiger partial charge in [-0.1, -0.05) is 12.1 Å². The van der Waals surface area contributed by atoms with Crippen LogP contribution in [-0.2, 0) is 14.3 Å². The van der Waals surface area contributed by atoms with Gasteiger partial charge in [-0.05, 0) is 52.3 Å². The highest BCUT2D eigenvalue weighted by Crippen LogP contribution is 2.42. The number of rotatable bonds is 3. The third-order valence-electron chi connectivity index (χ3n) is 3.85. The van der Waals surface area contributed by atoms with Gasteiger partial charge < -0.3 is 19.3 Å². The number of methoxy groups -OCH3 is 1. The predicted molar refractivity (Wildman–Crippen MR) is 90.4 cm³/mol. The number of ether oxygens (including phenoxy) is 3. The molecular weight excluding hydrogens is 326 g/mol. The van der Waals surface area contributed by atoms with Crippen LogP contribution in [0.3, 0.4) is 0 Å². The van der Waals surface area contributed by atoms with Crippen LogP contribution < -0.4 is 4.74 Å². The number of aliphatic carboxylic acids is 1. The van der Waals surface area contributed by atoms with Gasteiger partial charge in [-0.15, -0.1) is 0 Å². The van der Waals surface area contributed by atoms with Crippen molar-refractivity contribution in [1.82, 2.24) is 4.90 Å². The Bertz CT molecular complexity index is 647. The van der Waals surface area contributed by atoms with Crippen LogP contribution in [0.2, 0.25) is 0 Å². The topological polar surface area (TPSA) is 85.3 Å². The van der Waals surface area contributed by atoms with Gasteiger partial charge in [-0.2, -0.15) is 0 Å². The van der Waals surface area contributed by atoms with E-state index in [-0.39, 0.29) is 0 Å². The predicted octanol–water partition coefficient (Wildman–Crippen LogP) is 3.19. The Balaban J connectivity index is 2.47. The van der Waals surface area contributed by atoms with Crippen molar-refractivity contribution in [2.45, 2.75) is 58.1 Å². The van der Waals surface area contributed by atoms with E-state index in [0.29, 0.717) is 11.3 Å². The van der Waals surface area contributed by atoms with Crippen LogP contribution in [0.25, 0.3) is 0 Å². The lowest BCUT2D eigenvalue weighted by molar-refractivity contribution is -0.155. The molecule has 1 heterocycles. The Kier molecular flexibility index (Phi) is 4.99. The third kappa shape index (κ3) is 4.04. The molecule has 2 rings (SSSR count). The number of carbonyl (C=O) groups is 2. The van der Waals surface area contributed by atoms with Gasteiger partial charge in [0.2, 0.25) is 0 Å². The van der Waals surface area contributed by atoms with Gasteiger partial charge in [-0.25, -0.2) is 9.59 Å². The second kappa shape index (κ2) is 6.55. The van der Waals surface area contributed by atoms with E-state index in [4.69, 9.17) is 14.2 Å². The van der Waals surface area contributed by atoms with Crippen molar-refractivity contribution < 1.29 is 28.9 Å². The summed E-state index contributed by atoms with van der Waals surface area (Å²) in [5.74, 6) is -0.502. The summed E-state index contributed by atoms with van der Waals surface area (Å²) in [6, 6.07) is 6.07. The Morgan fingerprint density at radius 2 is 1.76 bits per heavy atom. The number of amides is 1. The molecule has 7 nitrogen and oxygen atoms in total. The van der Waals surface area contributed by atoms with Gasteiger partial charge >= 0.3 is 12.1 Å². The molecule has 1 N–H and O–H groups in total. The summed E-state index contributed by atoms with van der Waals surface area (Å²) in [5.41, 5.74) is -1.21. The highest BCUT2D eigenvalue weighted by Gasteiger charge is 2.54. The highest BCUT2D eigenvalue weighted by molar-refractivity contribution is 5.78. The van der Waals surface area contributed by atoms with Crippen LogP contribution >= 0.6 is 0 Å². The normalized spacial score (nSPS) is 22.6. The quantitative estimate of drug-likeness (QED) is 0.900. The van der Waals surface area contributed by atoms with Crippen molar-refractivity contribution >= 4 is 12.1 Å². The molecule has 7 heteroatoms. The summed E-state index contributed by atoms with van der Waals surface area (Å²) in [6.45, 7) is 8.57. The monoisotopic (exact) mass is 351 g/mol. The van der Waals surface area contributed by atoms with E-state index in [1.807, 2.05) is 0 Å². The fraction of sp³-hybridized carbons (Fsp3) is 0.556. The number of carboxylic acids is 1. The second-order valence-corrected chi connectivity index (χ2v) is 7.39. The molecule has 0 radical (unpaired) electrons. The average Bonchev–Trinajstić information content (AvgIpc) is 2.77. The number of carboxylic acid groups (broad SMARTS) is 1. The molecule has 0 aromatic heterocycles. The summed E-state index contributed by atoms with van der Waals surface area (Å²) >= 11 is 0. The number of carbonyl (C=O) groups excluding carboxylic acids is 1. The summed E-state index contributed by atoms with van der Waals surface area (Å²) < 4.78 is 16.3. The number of benzene rings is 1. The van der Waals surface area contributed by atoms with Gasteiger partial charge in [0, 0.05) is 0 Å². The van der Waals surface area contributed by atoms with Gasteiger partial charge in [0.15, 0.2) is 6.10 Å². The lowest BCUT2D eigenvalue weighted by atomic mass is 10.00. The van der Waals surface area contributed by atoms with Crippen molar-refractivity contribution in [1.29, 1.82) is 0 Å². The standard InChI is InChI=1S/C18H25NO6/c1-17(2,3)25-16(22)19-13(11-7-9-12(23-6)10-8-11)14(15(20)21)24-18(19,4)5/h7-10,13-14H,1-6H3,(H,20,21)/t13-,14+/m0/s1. The summed E-state index contributed by atoms with van der Waals surface area (Å²) in [5, 5.41) is 9.58. The summed E-state index contributed by atoms with van der Waals surface area (Å²) in [6.07, 6.45) is -1.82. The van der Waals surface area contributed by atoms with Gasteiger partial charge in [0.1, 0.15) is 23.1 Å². The molecule has 0 bridgehead atoms. The van der Waals surface area contributed by atoms with Crippen LogP contribution in [0, 0.1) is 0 Å². The Hall–Kier alpha value is -2.28. The van der Waals surface area contributed by atoms with Crippen molar-refractivity contribution in [3.8, 4) is 5.75 Å². The molecule has 0 aliphatic carbocycles. The second-order valence-electron chi connectivity index (χ2n) is 7.39. The third-order valence-corrected chi connectivity index (χ3v) is 3.85. The van der Waals surface area contributed by atoms with E-state index in [2.05, 4.69) is 0 Å². The molecule has 1 aliphatic heterocycles. The van der Waals surface area contributed by atoms with Gasteiger partial charge in [0.25, 0.3) is 0 Å². The molecule has 0 unspecified atom stereocenters. The number of hydrogen-bond donors (Lipinski definition) is 1. The first kappa shape index (κ1) is 19.1. The molecule has 1 aliphatic rings. The van der Waals surface area contributed by atoms with E-state index in [1.54, 1.807) is 66.0 Å². The smallest absolute Gasteiger partial charge is 0.413 e. The molecule has 1 aromatic carbocycles. The molecule has 0 saturated carbocycles. The van der Waals surface area contributed by atoms with Gasteiger partial charge in [-0.3, -0.25) is 4.90 Å². The van der Waals surface area contributed by atoms with Crippen LogP contribution in [0.1, 0.15) is 46.2 Å². The zero-order valence-corrected chi connectivity index (χ0v) is 15.4. The van der Waals surface area contributed by atoms with E-state index >= 15 is 0 Å². The molecular formula is C18H25NO6. The van der Waals surface area contributed by atoms with E-state index in [1.165, 1.54) is 4.90 Å². The highest BCUT2D eigenvalue weighted by atomic mass is 16.6. The lowest BCUT2D eigenvalue weighted by Gasteiger charge is -2.35. The maximum absolute atomic E-state index is 12.8. The van der Waals surface area contributed by atoms with Crippen molar-refractivity contribution in [3.05, 3.63) is 29.8 Å². The molecule has 25 heavy (non-hydrogen) atoms. The van der Waals surface area contributed by atoms with Crippen LogP contribution in [-0.4, -0.2) is 46.6 Å². The van der Waals surface area contributed by atoms with Crippen molar-refractivity contribution in [2.24, 2.45) is 0 Å². The fourth-order valence-electron chi connectivity index (χ4n) is 2.86. The molecule has 1 saturated heterocycles. The first-order valence-electron chi connectivity index (χ1n) is 8.03. The van der Waals surface area contributed by atoms with Crippen LogP contribution in [0.4, 0.5) is 4.79 Å². The minimum absolute atomic E-state index is 0.623. The first-order chi connectivity index (χ1) is 11.5. The van der Waals surface area contributed by atoms with Gasteiger partial charge in [0.05, 0.1) is 7.11 Å². The Morgan fingerprint density at radius 1 is 1.20 bits per heavy atom. The Morgan fingerprint density at radius 3 is 2.20 bits per heavy atom. The number of nitrogens with zero attached hydrogens (tertiary/aromatic N) is 1. The summed E-state index contributed by atoms with van der Waals surface area (Å²) in [4.78, 5) is 25.8. The first-order valence-corrected chi connectivity index (χ1v) is 8.03. The molecule has 138 valence electrons. The minimum atomic E-state index is -1.20. The van der Waals surface area contributed by atoms with E-state index in [0.717, 1.165) is 0 Å². The molecule has 1 fully saturated rings. The lowest BCUT2D eigenvalue weighted by Crippen LogP contribution is -2.47.